The Labute approximate surface area is 81.5 Å². The second-order valence-electron chi connectivity index (χ2n) is 3.21. The Morgan fingerprint density at radius 3 is 1.85 bits per heavy atom. The molecule has 13 heavy (non-hydrogen) atoms. The molecule has 1 heteroatoms. The van der Waals surface area contributed by atoms with E-state index in [4.69, 9.17) is 0 Å². The van der Waals surface area contributed by atoms with Gasteiger partial charge in [-0.3, -0.25) is 0 Å². The van der Waals surface area contributed by atoms with Crippen LogP contribution < -0.4 is 5.32 Å². The van der Waals surface area contributed by atoms with Crippen LogP contribution in [0.15, 0.2) is 47.7 Å². The molecule has 0 amide bonds. The highest BCUT2D eigenvalue weighted by molar-refractivity contribution is 5.33. The molecule has 72 valence electrons. The minimum atomic E-state index is 0.950. The average molecular weight is 177 g/mol. The highest BCUT2D eigenvalue weighted by Gasteiger charge is 1.91. The van der Waals surface area contributed by atoms with Crippen LogP contribution >= 0.6 is 0 Å². The van der Waals surface area contributed by atoms with E-state index in [0.717, 1.165) is 16.8 Å². The Hall–Kier alpha value is -1.24. The van der Waals surface area contributed by atoms with Crippen molar-refractivity contribution in [2.75, 3.05) is 7.05 Å². The van der Waals surface area contributed by atoms with E-state index in [1.165, 1.54) is 5.57 Å². The molecule has 1 N–H and O–H groups in total. The van der Waals surface area contributed by atoms with E-state index in [1.807, 2.05) is 33.9 Å². The molecule has 0 aromatic rings. The maximum absolute atomic E-state index is 3.86. The number of hydrogen-bond acceptors (Lipinski definition) is 1. The fourth-order valence-electron chi connectivity index (χ4n) is 0.690. The van der Waals surface area contributed by atoms with E-state index in [2.05, 4.69) is 24.6 Å². The van der Waals surface area contributed by atoms with Gasteiger partial charge in [-0.25, -0.2) is 0 Å². The molecule has 1 nitrogen and oxygen atoms in total. The first-order valence-corrected chi connectivity index (χ1v) is 4.37. The lowest BCUT2D eigenvalue weighted by Crippen LogP contribution is -2.04. The van der Waals surface area contributed by atoms with Crippen molar-refractivity contribution in [1.29, 1.82) is 0 Å². The van der Waals surface area contributed by atoms with E-state index < -0.39 is 0 Å². The molecule has 0 radical (unpaired) electrons. The minimum absolute atomic E-state index is 0.950. The van der Waals surface area contributed by atoms with Gasteiger partial charge < -0.3 is 5.32 Å². The zero-order valence-electron chi connectivity index (χ0n) is 9.07. The summed E-state index contributed by atoms with van der Waals surface area (Å²) in [6.07, 6.45) is 4.10. The van der Waals surface area contributed by atoms with Crippen LogP contribution in [0.3, 0.4) is 0 Å². The number of allylic oxidation sites excluding steroid dienone is 5. The second-order valence-corrected chi connectivity index (χ2v) is 3.21. The van der Waals surface area contributed by atoms with Crippen LogP contribution in [-0.2, 0) is 0 Å². The average Bonchev–Trinajstić information content (AvgIpc) is 2.11. The van der Waals surface area contributed by atoms with Crippen molar-refractivity contribution >= 4 is 0 Å². The van der Waals surface area contributed by atoms with Crippen molar-refractivity contribution in [3.05, 3.63) is 47.7 Å². The van der Waals surface area contributed by atoms with E-state index in [0.29, 0.717) is 0 Å². The van der Waals surface area contributed by atoms with Crippen molar-refractivity contribution in [3.63, 3.8) is 0 Å². The summed E-state index contributed by atoms with van der Waals surface area (Å²) in [4.78, 5) is 0. The number of likely N-dealkylation sites (N-methyl/N-ethyl adjacent to an activating group) is 1. The zero-order valence-corrected chi connectivity index (χ0v) is 9.07. The van der Waals surface area contributed by atoms with E-state index in [1.54, 1.807) is 0 Å². The van der Waals surface area contributed by atoms with Gasteiger partial charge in [-0.05, 0) is 31.9 Å². The Morgan fingerprint density at radius 1 is 1.00 bits per heavy atom. The summed E-state index contributed by atoms with van der Waals surface area (Å²) >= 11 is 0. The van der Waals surface area contributed by atoms with Crippen molar-refractivity contribution in [2.24, 2.45) is 0 Å². The highest BCUT2D eigenvalue weighted by atomic mass is 14.8. The SMILES string of the molecule is C=C(C)/C(C)=C/C=C(\C)C(=C)NC. The minimum Gasteiger partial charge on any atom is -0.388 e. The summed E-state index contributed by atoms with van der Waals surface area (Å²) in [6.45, 7) is 13.8. The first-order chi connectivity index (χ1) is 5.99. The van der Waals surface area contributed by atoms with Crippen LogP contribution in [0.1, 0.15) is 20.8 Å². The highest BCUT2D eigenvalue weighted by Crippen LogP contribution is 2.08. The first kappa shape index (κ1) is 11.8. The largest absolute Gasteiger partial charge is 0.388 e. The van der Waals surface area contributed by atoms with Crippen molar-refractivity contribution in [3.8, 4) is 0 Å². The molecule has 0 aromatic heterocycles. The first-order valence-electron chi connectivity index (χ1n) is 4.37. The predicted octanol–water partition coefficient (Wildman–Crippen LogP) is 3.19. The Balaban J connectivity index is 4.51. The number of hydrogen-bond donors (Lipinski definition) is 1. The van der Waals surface area contributed by atoms with E-state index in [-0.39, 0.29) is 0 Å². The maximum Gasteiger partial charge on any atom is 0.0294 e. The Morgan fingerprint density at radius 2 is 1.46 bits per heavy atom. The van der Waals surface area contributed by atoms with Crippen LogP contribution in [0.5, 0.6) is 0 Å². The molecule has 0 fully saturated rings. The molecule has 0 aliphatic rings. The van der Waals surface area contributed by atoms with Gasteiger partial charge in [0.1, 0.15) is 0 Å². The van der Waals surface area contributed by atoms with Gasteiger partial charge in [0.15, 0.2) is 0 Å². The molecular formula is C12H19N. The quantitative estimate of drug-likeness (QED) is 0.650. The van der Waals surface area contributed by atoms with Gasteiger partial charge in [-0.15, -0.1) is 0 Å². The molecule has 0 rings (SSSR count). The monoisotopic (exact) mass is 177 g/mol. The lowest BCUT2D eigenvalue weighted by Gasteiger charge is -2.03. The smallest absolute Gasteiger partial charge is 0.0294 e. The Bertz CT molecular complexity index is 267. The van der Waals surface area contributed by atoms with Crippen LogP contribution in [0.25, 0.3) is 0 Å². The summed E-state index contributed by atoms with van der Waals surface area (Å²) in [5, 5.41) is 3.00. The maximum atomic E-state index is 3.86. The summed E-state index contributed by atoms with van der Waals surface area (Å²) < 4.78 is 0. The van der Waals surface area contributed by atoms with Gasteiger partial charge in [-0.2, -0.15) is 0 Å². The fraction of sp³-hybridized carbons (Fsp3) is 0.333. The van der Waals surface area contributed by atoms with Crippen LogP contribution in [0, 0.1) is 0 Å². The molecule has 0 aliphatic carbocycles. The third-order valence-electron chi connectivity index (χ3n) is 2.03. The summed E-state index contributed by atoms with van der Waals surface area (Å²) in [7, 11) is 1.87. The number of rotatable bonds is 4. The molecule has 0 aromatic carbocycles. The van der Waals surface area contributed by atoms with Gasteiger partial charge in [0, 0.05) is 12.7 Å². The van der Waals surface area contributed by atoms with E-state index in [9.17, 15) is 0 Å². The standard InChI is InChI=1S/C12H19N/c1-9(2)10(3)7-8-11(4)12(5)13-6/h7-8,13H,1,5H2,2-4,6H3/b10-7+,11-8+. The normalized spacial score (nSPS) is 12.6. The summed E-state index contributed by atoms with van der Waals surface area (Å²) in [6, 6.07) is 0. The molecule has 0 saturated heterocycles. The Kier molecular flexibility index (Phi) is 4.90. The lowest BCUT2D eigenvalue weighted by molar-refractivity contribution is 1.01. The van der Waals surface area contributed by atoms with Crippen molar-refractivity contribution in [1.82, 2.24) is 5.32 Å². The summed E-state index contributed by atoms with van der Waals surface area (Å²) in [5.74, 6) is 0. The third kappa shape index (κ3) is 4.36. The predicted molar refractivity (Wildman–Crippen MR) is 60.5 cm³/mol. The molecule has 0 spiro atoms. The molecule has 0 saturated carbocycles. The molecule has 0 heterocycles. The van der Waals surface area contributed by atoms with Crippen LogP contribution in [0.2, 0.25) is 0 Å². The van der Waals surface area contributed by atoms with Crippen molar-refractivity contribution in [2.45, 2.75) is 20.8 Å². The molecule has 0 bridgehead atoms. The van der Waals surface area contributed by atoms with Crippen LogP contribution in [0.4, 0.5) is 0 Å². The van der Waals surface area contributed by atoms with Gasteiger partial charge in [0.2, 0.25) is 0 Å². The van der Waals surface area contributed by atoms with E-state index >= 15 is 0 Å². The zero-order chi connectivity index (χ0) is 10.4. The molecule has 0 aliphatic heterocycles. The van der Waals surface area contributed by atoms with Gasteiger partial charge >= 0.3 is 0 Å². The molecule has 0 atom stereocenters. The second kappa shape index (κ2) is 5.41. The third-order valence-corrected chi connectivity index (χ3v) is 2.03. The lowest BCUT2D eigenvalue weighted by atomic mass is 10.1. The molecular weight excluding hydrogens is 158 g/mol. The fourth-order valence-corrected chi connectivity index (χ4v) is 0.690. The van der Waals surface area contributed by atoms with Crippen molar-refractivity contribution < 1.29 is 0 Å². The summed E-state index contributed by atoms with van der Waals surface area (Å²) in [5.41, 5.74) is 4.39. The van der Waals surface area contributed by atoms with Crippen LogP contribution in [-0.4, -0.2) is 7.05 Å². The van der Waals surface area contributed by atoms with Gasteiger partial charge in [0.05, 0.1) is 0 Å². The number of nitrogens with one attached hydrogen (secondary N) is 1. The topological polar surface area (TPSA) is 12.0 Å². The van der Waals surface area contributed by atoms with Gasteiger partial charge in [-0.1, -0.05) is 30.9 Å². The van der Waals surface area contributed by atoms with Gasteiger partial charge in [0.25, 0.3) is 0 Å². The molecule has 0 unspecified atom stereocenters.